The van der Waals surface area contributed by atoms with Crippen molar-refractivity contribution in [2.75, 3.05) is 19.6 Å². The first-order valence-electron chi connectivity index (χ1n) is 6.55. The zero-order chi connectivity index (χ0) is 15.4. The van der Waals surface area contributed by atoms with Crippen molar-refractivity contribution >= 4 is 29.1 Å². The van der Waals surface area contributed by atoms with Gasteiger partial charge in [-0.25, -0.2) is 0 Å². The highest BCUT2D eigenvalue weighted by Crippen LogP contribution is 2.22. The summed E-state index contributed by atoms with van der Waals surface area (Å²) in [6.45, 7) is 2.83. The van der Waals surface area contributed by atoms with Gasteiger partial charge in [0.15, 0.2) is 0 Å². The van der Waals surface area contributed by atoms with Gasteiger partial charge in [0.2, 0.25) is 0 Å². The van der Waals surface area contributed by atoms with Gasteiger partial charge in [-0.15, -0.1) is 11.3 Å². The van der Waals surface area contributed by atoms with Crippen molar-refractivity contribution in [2.24, 2.45) is 11.8 Å². The number of hydrazine groups is 1. The smallest absolute Gasteiger partial charge is 0.308 e. The normalized spacial score (nSPS) is 22.0. The molecule has 1 fully saturated rings. The molecule has 0 aromatic carbocycles. The number of carboxylic acids is 1. The molecule has 1 aromatic heterocycles. The molecule has 2 amide bonds. The molecular weight excluding hydrogens is 294 g/mol. The summed E-state index contributed by atoms with van der Waals surface area (Å²) in [5.41, 5.74) is 4.67. The maximum absolute atomic E-state index is 11.7. The first-order valence-corrected chi connectivity index (χ1v) is 7.43. The van der Waals surface area contributed by atoms with Gasteiger partial charge in [0.05, 0.1) is 17.3 Å². The molecule has 114 valence electrons. The summed E-state index contributed by atoms with van der Waals surface area (Å²) in [7, 11) is 0. The van der Waals surface area contributed by atoms with E-state index in [1.54, 1.807) is 22.4 Å². The van der Waals surface area contributed by atoms with Crippen LogP contribution in [0.25, 0.3) is 0 Å². The van der Waals surface area contributed by atoms with Crippen LogP contribution in [-0.2, 0) is 9.59 Å². The molecule has 0 bridgehead atoms. The van der Waals surface area contributed by atoms with Crippen LogP contribution in [0.15, 0.2) is 17.5 Å². The lowest BCUT2D eigenvalue weighted by molar-refractivity contribution is -0.142. The number of amides is 2. The molecule has 21 heavy (non-hydrogen) atoms. The van der Waals surface area contributed by atoms with Crippen molar-refractivity contribution in [3.05, 3.63) is 22.4 Å². The third-order valence-electron chi connectivity index (χ3n) is 3.43. The van der Waals surface area contributed by atoms with Crippen molar-refractivity contribution < 1.29 is 19.5 Å². The Morgan fingerprint density at radius 3 is 2.71 bits per heavy atom. The molecule has 0 aliphatic carbocycles. The Morgan fingerprint density at radius 1 is 1.38 bits per heavy atom. The average molecular weight is 311 g/mol. The number of hydrogen-bond acceptors (Lipinski definition) is 5. The van der Waals surface area contributed by atoms with Gasteiger partial charge in [-0.05, 0) is 17.4 Å². The van der Waals surface area contributed by atoms with Crippen molar-refractivity contribution in [3.8, 4) is 0 Å². The molecule has 2 atom stereocenters. The topological polar surface area (TPSA) is 98.7 Å². The summed E-state index contributed by atoms with van der Waals surface area (Å²) in [6.07, 6.45) is 0. The second-order valence-electron chi connectivity index (χ2n) is 5.10. The van der Waals surface area contributed by atoms with Crippen LogP contribution < -0.4 is 10.9 Å². The first-order chi connectivity index (χ1) is 9.97. The lowest BCUT2D eigenvalue weighted by Crippen LogP contribution is -2.46. The Bertz CT molecular complexity index is 532. The Hall–Kier alpha value is -1.93. The number of carbonyl (C=O) groups is 3. The fourth-order valence-electron chi connectivity index (χ4n) is 2.36. The predicted octanol–water partition coefficient (Wildman–Crippen LogP) is 0.162. The van der Waals surface area contributed by atoms with E-state index in [4.69, 9.17) is 5.11 Å². The van der Waals surface area contributed by atoms with Crippen molar-refractivity contribution in [1.82, 2.24) is 15.8 Å². The van der Waals surface area contributed by atoms with Gasteiger partial charge < -0.3 is 5.11 Å². The summed E-state index contributed by atoms with van der Waals surface area (Å²) in [4.78, 5) is 36.7. The van der Waals surface area contributed by atoms with Gasteiger partial charge in [-0.3, -0.25) is 30.1 Å². The summed E-state index contributed by atoms with van der Waals surface area (Å²) < 4.78 is 0. The highest BCUT2D eigenvalue weighted by molar-refractivity contribution is 7.12. The van der Waals surface area contributed by atoms with Crippen LogP contribution in [0, 0.1) is 11.8 Å². The van der Waals surface area contributed by atoms with Crippen LogP contribution in [0.3, 0.4) is 0 Å². The van der Waals surface area contributed by atoms with Crippen LogP contribution in [0.1, 0.15) is 16.6 Å². The molecule has 0 saturated carbocycles. The van der Waals surface area contributed by atoms with Gasteiger partial charge in [0.1, 0.15) is 0 Å². The van der Waals surface area contributed by atoms with Crippen LogP contribution >= 0.6 is 11.3 Å². The van der Waals surface area contributed by atoms with E-state index in [-0.39, 0.29) is 24.3 Å². The van der Waals surface area contributed by atoms with Gasteiger partial charge in [0, 0.05) is 13.1 Å². The minimum Gasteiger partial charge on any atom is -0.481 e. The molecule has 3 N–H and O–H groups in total. The van der Waals surface area contributed by atoms with E-state index in [9.17, 15) is 14.4 Å². The first kappa shape index (κ1) is 15.5. The van der Waals surface area contributed by atoms with Crippen LogP contribution in [0.4, 0.5) is 0 Å². The maximum atomic E-state index is 11.7. The van der Waals surface area contributed by atoms with Crippen LogP contribution in [-0.4, -0.2) is 47.4 Å². The molecule has 1 aliphatic heterocycles. The Labute approximate surface area is 125 Å². The number of thiophene rings is 1. The van der Waals surface area contributed by atoms with Crippen molar-refractivity contribution in [1.29, 1.82) is 0 Å². The quantitative estimate of drug-likeness (QED) is 0.688. The van der Waals surface area contributed by atoms with E-state index >= 15 is 0 Å². The second-order valence-corrected chi connectivity index (χ2v) is 6.04. The van der Waals surface area contributed by atoms with Crippen LogP contribution in [0.2, 0.25) is 0 Å². The molecular formula is C13H17N3O4S. The Balaban J connectivity index is 1.75. The number of carboxylic acid groups (broad SMARTS) is 1. The summed E-state index contributed by atoms with van der Waals surface area (Å²) in [6, 6.07) is 3.41. The highest BCUT2D eigenvalue weighted by atomic mass is 32.1. The molecule has 2 rings (SSSR count). The number of nitrogens with one attached hydrogen (secondary N) is 2. The van der Waals surface area contributed by atoms with E-state index in [2.05, 4.69) is 10.9 Å². The predicted molar refractivity (Wildman–Crippen MR) is 76.7 cm³/mol. The molecule has 0 unspecified atom stereocenters. The lowest BCUT2D eigenvalue weighted by atomic mass is 9.99. The van der Waals surface area contributed by atoms with Crippen molar-refractivity contribution in [2.45, 2.75) is 6.92 Å². The molecule has 1 aliphatic rings. The van der Waals surface area contributed by atoms with E-state index in [0.29, 0.717) is 18.0 Å². The molecule has 1 aromatic rings. The Kier molecular flexibility index (Phi) is 4.92. The molecule has 2 heterocycles. The largest absolute Gasteiger partial charge is 0.481 e. The van der Waals surface area contributed by atoms with E-state index in [1.807, 2.05) is 6.92 Å². The van der Waals surface area contributed by atoms with E-state index in [1.165, 1.54) is 11.3 Å². The maximum Gasteiger partial charge on any atom is 0.308 e. The number of hydrogen-bond donors (Lipinski definition) is 3. The van der Waals surface area contributed by atoms with E-state index < -0.39 is 11.9 Å². The molecule has 1 saturated heterocycles. The number of nitrogens with zero attached hydrogens (tertiary/aromatic N) is 1. The zero-order valence-corrected chi connectivity index (χ0v) is 12.4. The van der Waals surface area contributed by atoms with Gasteiger partial charge in [-0.1, -0.05) is 13.0 Å². The third-order valence-corrected chi connectivity index (χ3v) is 4.30. The monoisotopic (exact) mass is 311 g/mol. The number of carbonyl (C=O) groups excluding carboxylic acids is 2. The molecule has 0 spiro atoms. The molecule has 7 nitrogen and oxygen atoms in total. The van der Waals surface area contributed by atoms with Gasteiger partial charge in [0.25, 0.3) is 11.8 Å². The number of aliphatic carboxylic acids is 1. The van der Waals surface area contributed by atoms with E-state index in [0.717, 1.165) is 0 Å². The molecule has 8 heteroatoms. The Morgan fingerprint density at radius 2 is 2.14 bits per heavy atom. The second kappa shape index (κ2) is 6.68. The van der Waals surface area contributed by atoms with Gasteiger partial charge >= 0.3 is 5.97 Å². The summed E-state index contributed by atoms with van der Waals surface area (Å²) >= 11 is 1.28. The minimum atomic E-state index is -0.837. The number of likely N-dealkylation sites (tertiary alicyclic amines) is 1. The standard InChI is InChI=1S/C13H17N3O4S/c1-8-5-16(6-9(8)13(19)20)7-11(17)14-15-12(18)10-3-2-4-21-10/h2-4,8-9H,5-7H2,1H3,(H,14,17)(H,15,18)(H,19,20)/t8-,9-/m1/s1. The molecule has 0 radical (unpaired) electrons. The fourth-order valence-corrected chi connectivity index (χ4v) is 2.98. The zero-order valence-electron chi connectivity index (χ0n) is 11.5. The van der Waals surface area contributed by atoms with Crippen LogP contribution in [0.5, 0.6) is 0 Å². The number of rotatable bonds is 4. The third kappa shape index (κ3) is 4.02. The van der Waals surface area contributed by atoms with Gasteiger partial charge in [-0.2, -0.15) is 0 Å². The summed E-state index contributed by atoms with van der Waals surface area (Å²) in [5, 5.41) is 10.8. The average Bonchev–Trinajstić information content (AvgIpc) is 3.05. The fraction of sp³-hybridized carbons (Fsp3) is 0.462. The highest BCUT2D eigenvalue weighted by Gasteiger charge is 2.35. The minimum absolute atomic E-state index is 0.0102. The lowest BCUT2D eigenvalue weighted by Gasteiger charge is -2.14. The SMILES string of the molecule is C[C@@H]1CN(CC(=O)NNC(=O)c2cccs2)C[C@H]1C(=O)O. The summed E-state index contributed by atoms with van der Waals surface area (Å²) in [5.74, 6) is -2.00. The van der Waals surface area contributed by atoms with Crippen molar-refractivity contribution in [3.63, 3.8) is 0 Å².